The lowest BCUT2D eigenvalue weighted by atomic mass is 9.97. The first-order valence-corrected chi connectivity index (χ1v) is 4.09. The molecule has 1 aromatic rings. The van der Waals surface area contributed by atoms with E-state index in [0.717, 1.165) is 18.3 Å². The lowest BCUT2D eigenvalue weighted by molar-refractivity contribution is -0.109. The molecule has 0 saturated heterocycles. The van der Waals surface area contributed by atoms with E-state index in [1.165, 1.54) is 0 Å². The van der Waals surface area contributed by atoms with Crippen LogP contribution < -0.4 is 5.73 Å². The van der Waals surface area contributed by atoms with Gasteiger partial charge in [-0.25, -0.2) is 0 Å². The molecule has 0 bridgehead atoms. The van der Waals surface area contributed by atoms with Crippen molar-refractivity contribution in [3.8, 4) is 0 Å². The molecule has 0 aromatic heterocycles. The van der Waals surface area contributed by atoms with Crippen molar-refractivity contribution in [2.75, 3.05) is 5.73 Å². The number of carbonyl (C=O) groups is 1. The minimum Gasteiger partial charge on any atom is -0.398 e. The van der Waals surface area contributed by atoms with E-state index in [-0.39, 0.29) is 5.92 Å². The molecular formula is C10H13NO. The molecule has 0 spiro atoms. The summed E-state index contributed by atoms with van der Waals surface area (Å²) in [6, 6.07) is 7.49. The fourth-order valence-electron chi connectivity index (χ4n) is 1.24. The molecule has 1 atom stereocenters. The lowest BCUT2D eigenvalue weighted by Gasteiger charge is -2.09. The van der Waals surface area contributed by atoms with Gasteiger partial charge in [0, 0.05) is 11.6 Å². The van der Waals surface area contributed by atoms with Crippen LogP contribution in [0, 0.1) is 0 Å². The molecule has 2 heteroatoms. The number of aldehydes is 1. The van der Waals surface area contributed by atoms with Crippen LogP contribution in [-0.4, -0.2) is 6.29 Å². The Morgan fingerprint density at radius 3 is 2.67 bits per heavy atom. The largest absolute Gasteiger partial charge is 0.398 e. The molecule has 0 aliphatic carbocycles. The van der Waals surface area contributed by atoms with Crippen molar-refractivity contribution in [3.05, 3.63) is 29.8 Å². The van der Waals surface area contributed by atoms with Crippen molar-refractivity contribution in [2.45, 2.75) is 19.3 Å². The van der Waals surface area contributed by atoms with Crippen molar-refractivity contribution in [1.29, 1.82) is 0 Å². The molecule has 1 aromatic carbocycles. The standard InChI is InChI=1S/C10H13NO/c1-2-8(7-12)9-5-3-4-6-10(9)11/h3-8H,2,11H2,1H3. The highest BCUT2D eigenvalue weighted by atomic mass is 16.1. The summed E-state index contributed by atoms with van der Waals surface area (Å²) in [6.07, 6.45) is 1.75. The van der Waals surface area contributed by atoms with Crippen LogP contribution in [0.1, 0.15) is 24.8 Å². The average molecular weight is 163 g/mol. The molecule has 12 heavy (non-hydrogen) atoms. The first-order valence-electron chi connectivity index (χ1n) is 4.09. The Balaban J connectivity index is 3.00. The van der Waals surface area contributed by atoms with Gasteiger partial charge >= 0.3 is 0 Å². The van der Waals surface area contributed by atoms with E-state index in [1.54, 1.807) is 0 Å². The zero-order chi connectivity index (χ0) is 8.97. The Labute approximate surface area is 72.4 Å². The number of rotatable bonds is 3. The molecule has 1 rings (SSSR count). The molecule has 0 heterocycles. The SMILES string of the molecule is CCC(C=O)c1ccccc1N. The molecule has 2 N–H and O–H groups in total. The van der Waals surface area contributed by atoms with E-state index in [9.17, 15) is 4.79 Å². The third kappa shape index (κ3) is 1.64. The highest BCUT2D eigenvalue weighted by Gasteiger charge is 2.09. The minimum absolute atomic E-state index is 0.0498. The van der Waals surface area contributed by atoms with Crippen LogP contribution in [0.5, 0.6) is 0 Å². The summed E-state index contributed by atoms with van der Waals surface area (Å²) in [5.74, 6) is -0.0498. The molecule has 0 aliphatic rings. The van der Waals surface area contributed by atoms with Crippen LogP contribution in [0.25, 0.3) is 0 Å². The summed E-state index contributed by atoms with van der Waals surface area (Å²) in [6.45, 7) is 1.98. The first kappa shape index (κ1) is 8.78. The van der Waals surface area contributed by atoms with Gasteiger partial charge < -0.3 is 10.5 Å². The van der Waals surface area contributed by atoms with Crippen LogP contribution in [0.4, 0.5) is 5.69 Å². The fourth-order valence-corrected chi connectivity index (χ4v) is 1.24. The average Bonchev–Trinajstić information content (AvgIpc) is 2.10. The number of benzene rings is 1. The van der Waals surface area contributed by atoms with Gasteiger partial charge in [-0.3, -0.25) is 0 Å². The van der Waals surface area contributed by atoms with Crippen LogP contribution in [0.15, 0.2) is 24.3 Å². The molecule has 0 aliphatic heterocycles. The number of nitrogen functional groups attached to an aromatic ring is 1. The summed E-state index contributed by atoms with van der Waals surface area (Å²) in [7, 11) is 0. The monoisotopic (exact) mass is 163 g/mol. The molecule has 64 valence electrons. The minimum atomic E-state index is -0.0498. The van der Waals surface area contributed by atoms with E-state index < -0.39 is 0 Å². The molecule has 0 amide bonds. The predicted molar refractivity (Wildman–Crippen MR) is 50.0 cm³/mol. The van der Waals surface area contributed by atoms with Gasteiger partial charge in [0.2, 0.25) is 0 Å². The number of carbonyl (C=O) groups excluding carboxylic acids is 1. The van der Waals surface area contributed by atoms with Gasteiger partial charge in [-0.2, -0.15) is 0 Å². The second-order valence-electron chi connectivity index (χ2n) is 2.78. The number of hydrogen-bond acceptors (Lipinski definition) is 2. The topological polar surface area (TPSA) is 43.1 Å². The molecule has 2 nitrogen and oxygen atoms in total. The van der Waals surface area contributed by atoms with Crippen LogP contribution >= 0.6 is 0 Å². The van der Waals surface area contributed by atoms with E-state index in [2.05, 4.69) is 0 Å². The highest BCUT2D eigenvalue weighted by Crippen LogP contribution is 2.22. The Hall–Kier alpha value is -1.31. The zero-order valence-electron chi connectivity index (χ0n) is 7.16. The number of anilines is 1. The van der Waals surface area contributed by atoms with Crippen molar-refractivity contribution < 1.29 is 4.79 Å². The third-order valence-corrected chi connectivity index (χ3v) is 2.00. The van der Waals surface area contributed by atoms with E-state index in [0.29, 0.717) is 5.69 Å². The molecule has 0 fully saturated rings. The Morgan fingerprint density at radius 2 is 2.17 bits per heavy atom. The van der Waals surface area contributed by atoms with E-state index >= 15 is 0 Å². The maximum atomic E-state index is 10.6. The van der Waals surface area contributed by atoms with Crippen molar-refractivity contribution in [3.63, 3.8) is 0 Å². The maximum absolute atomic E-state index is 10.6. The summed E-state index contributed by atoms with van der Waals surface area (Å²) < 4.78 is 0. The van der Waals surface area contributed by atoms with Gasteiger partial charge in [0.15, 0.2) is 0 Å². The summed E-state index contributed by atoms with van der Waals surface area (Å²) in [5.41, 5.74) is 7.36. The fraction of sp³-hybridized carbons (Fsp3) is 0.300. The normalized spacial score (nSPS) is 12.4. The van der Waals surface area contributed by atoms with Gasteiger partial charge in [0.25, 0.3) is 0 Å². The maximum Gasteiger partial charge on any atom is 0.127 e. The Bertz CT molecular complexity index is 270. The third-order valence-electron chi connectivity index (χ3n) is 2.00. The molecule has 0 radical (unpaired) electrons. The van der Waals surface area contributed by atoms with Crippen molar-refractivity contribution in [1.82, 2.24) is 0 Å². The van der Waals surface area contributed by atoms with Gasteiger partial charge in [0.1, 0.15) is 6.29 Å². The Kier molecular flexibility index (Phi) is 2.86. The van der Waals surface area contributed by atoms with Crippen LogP contribution in [0.2, 0.25) is 0 Å². The first-order chi connectivity index (χ1) is 5.79. The smallest absolute Gasteiger partial charge is 0.127 e. The van der Waals surface area contributed by atoms with Gasteiger partial charge in [-0.1, -0.05) is 25.1 Å². The zero-order valence-corrected chi connectivity index (χ0v) is 7.16. The summed E-state index contributed by atoms with van der Waals surface area (Å²) >= 11 is 0. The number of para-hydroxylation sites is 1. The number of hydrogen-bond donors (Lipinski definition) is 1. The van der Waals surface area contributed by atoms with Gasteiger partial charge in [-0.15, -0.1) is 0 Å². The highest BCUT2D eigenvalue weighted by molar-refractivity contribution is 5.67. The molecule has 1 unspecified atom stereocenters. The van der Waals surface area contributed by atoms with Crippen molar-refractivity contribution >= 4 is 12.0 Å². The lowest BCUT2D eigenvalue weighted by Crippen LogP contribution is -2.02. The van der Waals surface area contributed by atoms with Crippen molar-refractivity contribution in [2.24, 2.45) is 0 Å². The van der Waals surface area contributed by atoms with Crippen LogP contribution in [-0.2, 0) is 4.79 Å². The number of nitrogens with two attached hydrogens (primary N) is 1. The van der Waals surface area contributed by atoms with Gasteiger partial charge in [0.05, 0.1) is 0 Å². The quantitative estimate of drug-likeness (QED) is 0.546. The predicted octanol–water partition coefficient (Wildman–Crippen LogP) is 1.96. The van der Waals surface area contributed by atoms with E-state index in [4.69, 9.17) is 5.73 Å². The van der Waals surface area contributed by atoms with E-state index in [1.807, 2.05) is 31.2 Å². The summed E-state index contributed by atoms with van der Waals surface area (Å²) in [4.78, 5) is 10.6. The van der Waals surface area contributed by atoms with Crippen LogP contribution in [0.3, 0.4) is 0 Å². The second kappa shape index (κ2) is 3.90. The molecular weight excluding hydrogens is 150 g/mol. The molecule has 0 saturated carbocycles. The second-order valence-corrected chi connectivity index (χ2v) is 2.78. The summed E-state index contributed by atoms with van der Waals surface area (Å²) in [5, 5.41) is 0. The van der Waals surface area contributed by atoms with Gasteiger partial charge in [-0.05, 0) is 18.1 Å². The Morgan fingerprint density at radius 1 is 1.50 bits per heavy atom.